The molecule has 1 N–H and O–H groups in total. The molecule has 2 amide bonds. The van der Waals surface area contributed by atoms with Crippen LogP contribution >= 0.6 is 0 Å². The van der Waals surface area contributed by atoms with Gasteiger partial charge in [0.1, 0.15) is 10.8 Å². The summed E-state index contributed by atoms with van der Waals surface area (Å²) in [6, 6.07) is 7.42. The molecule has 0 radical (unpaired) electrons. The van der Waals surface area contributed by atoms with Gasteiger partial charge >= 0.3 is 6.17 Å². The van der Waals surface area contributed by atoms with Crippen molar-refractivity contribution < 1.29 is 14.4 Å². The Hall–Kier alpha value is -2.68. The number of likely N-dealkylation sites (tertiary alicyclic amines) is 1. The second kappa shape index (κ2) is 5.41. The van der Waals surface area contributed by atoms with Crippen LogP contribution in [0.1, 0.15) is 38.7 Å². The van der Waals surface area contributed by atoms with Crippen LogP contribution < -0.4 is 5.32 Å². The van der Waals surface area contributed by atoms with Gasteiger partial charge in [-0.2, -0.15) is 0 Å². The van der Waals surface area contributed by atoms with E-state index in [0.29, 0.717) is 0 Å². The quantitative estimate of drug-likeness (QED) is 0.671. The SMILES string of the molecule is [C-]#[N+][C@@H]1C[C@@]2(CN1C(=O)C(C)(C)C(=O)C1CC1)C(=O)Nc1ccccc12. The molecular formula is C20H21N3O3. The minimum absolute atomic E-state index is 0.0348. The van der Waals surface area contributed by atoms with E-state index in [-0.39, 0.29) is 36.5 Å². The fourth-order valence-electron chi connectivity index (χ4n) is 4.26. The number of hydrogen-bond acceptors (Lipinski definition) is 3. The van der Waals surface area contributed by atoms with Gasteiger partial charge in [-0.3, -0.25) is 24.1 Å². The number of amides is 2. The van der Waals surface area contributed by atoms with Crippen molar-refractivity contribution in [2.75, 3.05) is 11.9 Å². The molecule has 0 unspecified atom stereocenters. The monoisotopic (exact) mass is 351 g/mol. The van der Waals surface area contributed by atoms with Crippen LogP contribution in [0.2, 0.25) is 0 Å². The second-order valence-corrected chi connectivity index (χ2v) is 8.09. The van der Waals surface area contributed by atoms with E-state index >= 15 is 0 Å². The number of hydrogen-bond donors (Lipinski definition) is 1. The predicted octanol–water partition coefficient (Wildman–Crippen LogP) is 2.36. The lowest BCUT2D eigenvalue weighted by molar-refractivity contribution is -0.148. The van der Waals surface area contributed by atoms with Crippen molar-refractivity contribution >= 4 is 23.3 Å². The van der Waals surface area contributed by atoms with Crippen LogP contribution in [-0.2, 0) is 19.8 Å². The highest BCUT2D eigenvalue weighted by molar-refractivity contribution is 6.09. The average Bonchev–Trinajstić information content (AvgIpc) is 3.35. The number of nitrogens with one attached hydrogen (secondary N) is 1. The van der Waals surface area contributed by atoms with Crippen LogP contribution in [-0.4, -0.2) is 35.2 Å². The van der Waals surface area contributed by atoms with E-state index in [9.17, 15) is 14.4 Å². The number of Topliss-reactive ketones (excluding diaryl/α,β-unsaturated/α-hetero) is 1. The lowest BCUT2D eigenvalue weighted by Crippen LogP contribution is -2.48. The number of fused-ring (bicyclic) bond motifs is 2. The molecule has 6 nitrogen and oxygen atoms in total. The van der Waals surface area contributed by atoms with Gasteiger partial charge in [0, 0.05) is 18.2 Å². The third kappa shape index (κ3) is 2.20. The molecule has 4 rings (SSSR count). The van der Waals surface area contributed by atoms with Gasteiger partial charge in [-0.05, 0) is 38.3 Å². The Bertz CT molecular complexity index is 865. The minimum Gasteiger partial charge on any atom is -0.325 e. The molecular weight excluding hydrogens is 330 g/mol. The largest absolute Gasteiger partial charge is 0.325 e. The topological polar surface area (TPSA) is 70.8 Å². The summed E-state index contributed by atoms with van der Waals surface area (Å²) in [5.74, 6) is -0.603. The van der Waals surface area contributed by atoms with Crippen molar-refractivity contribution in [2.24, 2.45) is 11.3 Å². The number of rotatable bonds is 3. The van der Waals surface area contributed by atoms with Crippen molar-refractivity contribution in [1.29, 1.82) is 0 Å². The van der Waals surface area contributed by atoms with Gasteiger partial charge in [0.15, 0.2) is 5.78 Å². The van der Waals surface area contributed by atoms with Gasteiger partial charge in [0.05, 0.1) is 6.42 Å². The normalized spacial score (nSPS) is 27.2. The maximum absolute atomic E-state index is 13.2. The molecule has 2 atom stereocenters. The molecule has 2 heterocycles. The number of para-hydroxylation sites is 1. The maximum Gasteiger partial charge on any atom is 0.302 e. The van der Waals surface area contributed by atoms with E-state index in [0.717, 1.165) is 24.1 Å². The molecule has 26 heavy (non-hydrogen) atoms. The molecule has 1 aliphatic carbocycles. The number of benzene rings is 1. The second-order valence-electron chi connectivity index (χ2n) is 8.09. The molecule has 1 spiro atoms. The number of ketones is 1. The first-order valence-electron chi connectivity index (χ1n) is 8.94. The zero-order chi connectivity index (χ0) is 18.7. The third-order valence-corrected chi connectivity index (χ3v) is 5.97. The molecule has 6 heteroatoms. The van der Waals surface area contributed by atoms with E-state index in [4.69, 9.17) is 6.57 Å². The summed E-state index contributed by atoms with van der Waals surface area (Å²) in [4.78, 5) is 43.6. The molecule has 1 saturated carbocycles. The Labute approximate surface area is 152 Å². The smallest absolute Gasteiger partial charge is 0.302 e. The molecule has 2 fully saturated rings. The number of nitrogens with zero attached hydrogens (tertiary/aromatic N) is 2. The molecule has 1 aromatic rings. The lowest BCUT2D eigenvalue weighted by atomic mass is 9.80. The molecule has 1 saturated heterocycles. The summed E-state index contributed by atoms with van der Waals surface area (Å²) >= 11 is 0. The summed E-state index contributed by atoms with van der Waals surface area (Å²) in [7, 11) is 0. The molecule has 3 aliphatic rings. The van der Waals surface area contributed by atoms with Gasteiger partial charge in [-0.25, -0.2) is 6.57 Å². The van der Waals surface area contributed by atoms with Crippen molar-refractivity contribution in [1.82, 2.24) is 4.90 Å². The molecule has 0 aromatic heterocycles. The van der Waals surface area contributed by atoms with Crippen molar-refractivity contribution in [3.8, 4) is 0 Å². The summed E-state index contributed by atoms with van der Waals surface area (Å²) < 4.78 is 0. The van der Waals surface area contributed by atoms with E-state index in [1.54, 1.807) is 13.8 Å². The zero-order valence-corrected chi connectivity index (χ0v) is 14.9. The van der Waals surface area contributed by atoms with Gasteiger partial charge in [-0.15, -0.1) is 0 Å². The summed E-state index contributed by atoms with van der Waals surface area (Å²) in [6.45, 7) is 11.0. The van der Waals surface area contributed by atoms with Crippen LogP contribution in [0.3, 0.4) is 0 Å². The Morgan fingerprint density at radius 2 is 2.00 bits per heavy atom. The fraction of sp³-hybridized carbons (Fsp3) is 0.500. The lowest BCUT2D eigenvalue weighted by Gasteiger charge is -2.29. The van der Waals surface area contributed by atoms with Gasteiger partial charge in [0.25, 0.3) is 0 Å². The summed E-state index contributed by atoms with van der Waals surface area (Å²) in [5.41, 5.74) is -0.492. The van der Waals surface area contributed by atoms with Crippen molar-refractivity contribution in [2.45, 2.75) is 44.7 Å². The Morgan fingerprint density at radius 1 is 1.31 bits per heavy atom. The summed E-state index contributed by atoms with van der Waals surface area (Å²) in [6.07, 6.45) is 1.20. The van der Waals surface area contributed by atoms with E-state index < -0.39 is 17.0 Å². The molecule has 1 aromatic carbocycles. The summed E-state index contributed by atoms with van der Waals surface area (Å²) in [5, 5.41) is 2.88. The van der Waals surface area contributed by atoms with E-state index in [1.165, 1.54) is 4.90 Å². The third-order valence-electron chi connectivity index (χ3n) is 5.97. The first kappa shape index (κ1) is 16.8. The van der Waals surface area contributed by atoms with E-state index in [2.05, 4.69) is 10.2 Å². The van der Waals surface area contributed by atoms with Crippen LogP contribution in [0.15, 0.2) is 24.3 Å². The van der Waals surface area contributed by atoms with Crippen molar-refractivity contribution in [3.63, 3.8) is 0 Å². The van der Waals surface area contributed by atoms with Crippen LogP contribution in [0.5, 0.6) is 0 Å². The number of anilines is 1. The van der Waals surface area contributed by atoms with Crippen LogP contribution in [0.25, 0.3) is 4.85 Å². The zero-order valence-electron chi connectivity index (χ0n) is 14.9. The highest BCUT2D eigenvalue weighted by Gasteiger charge is 2.60. The van der Waals surface area contributed by atoms with Crippen LogP contribution in [0, 0.1) is 17.9 Å². The Kier molecular flexibility index (Phi) is 3.49. The van der Waals surface area contributed by atoms with Crippen LogP contribution in [0.4, 0.5) is 5.69 Å². The molecule has 134 valence electrons. The van der Waals surface area contributed by atoms with Gasteiger partial charge < -0.3 is 5.32 Å². The standard InChI is InChI=1S/C20H21N3O3/c1-19(2,16(24)12-8-9-12)18(26)23-11-20(10-15(23)21-3)13-6-4-5-7-14(13)22-17(20)25/h4-7,12,15H,8-11H2,1-2H3,(H,22,25)/t15-,20-/m0/s1. The molecule has 2 aliphatic heterocycles. The van der Waals surface area contributed by atoms with Crippen molar-refractivity contribution in [3.05, 3.63) is 41.2 Å². The van der Waals surface area contributed by atoms with Gasteiger partial charge in [0.2, 0.25) is 11.8 Å². The highest BCUT2D eigenvalue weighted by Crippen LogP contribution is 2.48. The minimum atomic E-state index is -1.16. The first-order chi connectivity index (χ1) is 12.3. The number of carbonyl (C=O) groups excluding carboxylic acids is 3. The maximum atomic E-state index is 13.2. The Balaban J connectivity index is 1.69. The average molecular weight is 351 g/mol. The van der Waals surface area contributed by atoms with Gasteiger partial charge in [-0.1, -0.05) is 18.2 Å². The predicted molar refractivity (Wildman–Crippen MR) is 95.0 cm³/mol. The highest BCUT2D eigenvalue weighted by atomic mass is 16.2. The molecule has 0 bridgehead atoms. The fourth-order valence-corrected chi connectivity index (χ4v) is 4.26. The van der Waals surface area contributed by atoms with E-state index in [1.807, 2.05) is 24.3 Å². The number of carbonyl (C=O) groups is 3. The first-order valence-corrected chi connectivity index (χ1v) is 8.94. The Morgan fingerprint density at radius 3 is 2.65 bits per heavy atom.